The molecule has 3 nitrogen and oxygen atoms in total. The van der Waals surface area contributed by atoms with Gasteiger partial charge in [0.2, 0.25) is 5.88 Å². The lowest BCUT2D eigenvalue weighted by atomic mass is 9.88. The largest absolute Gasteiger partial charge is 0.469 e. The molecule has 0 unspecified atom stereocenters. The summed E-state index contributed by atoms with van der Waals surface area (Å²) in [6, 6.07) is 13.1. The maximum absolute atomic E-state index is 6.37. The molecule has 0 N–H and O–H groups in total. The average molecular weight is 350 g/mol. The molecule has 2 aliphatic heterocycles. The van der Waals surface area contributed by atoms with E-state index in [-0.39, 0.29) is 5.60 Å². The number of hydrogen-bond donors (Lipinski definition) is 0. The number of likely N-dealkylation sites (tertiary alicyclic amines) is 1. The topological polar surface area (TPSA) is 25.4 Å². The average Bonchev–Trinajstić information content (AvgIpc) is 3.21. The lowest BCUT2D eigenvalue weighted by molar-refractivity contribution is 0.00781. The standard InChI is InChI=1S/C21H22N2OS/c1-2-23-9-5-8-21(14-23)12-16-10-17(13-22-20(16)24-21)19-11-15-6-3-4-7-18(15)25-19/h3-4,6-7,10-11,13H,2,5,8-9,12,14H2,1H3/t21-/m0/s1. The molecule has 1 aromatic carbocycles. The third-order valence-corrected chi connectivity index (χ3v) is 6.69. The highest BCUT2D eigenvalue weighted by molar-refractivity contribution is 7.22. The third-order valence-electron chi connectivity index (χ3n) is 5.53. The first-order chi connectivity index (χ1) is 12.2. The Morgan fingerprint density at radius 3 is 3.08 bits per heavy atom. The van der Waals surface area contributed by atoms with Crippen LogP contribution >= 0.6 is 11.3 Å². The second-order valence-corrected chi connectivity index (χ2v) is 8.35. The Balaban J connectivity index is 1.47. The first-order valence-corrected chi connectivity index (χ1v) is 9.96. The van der Waals surface area contributed by atoms with Crippen molar-refractivity contribution in [2.24, 2.45) is 0 Å². The fourth-order valence-electron chi connectivity index (χ4n) is 4.25. The first-order valence-electron chi connectivity index (χ1n) is 9.14. The van der Waals surface area contributed by atoms with Gasteiger partial charge < -0.3 is 4.74 Å². The Kier molecular flexibility index (Phi) is 3.57. The van der Waals surface area contributed by atoms with Crippen molar-refractivity contribution in [1.82, 2.24) is 9.88 Å². The first kappa shape index (κ1) is 15.4. The number of thiophene rings is 1. The van der Waals surface area contributed by atoms with Gasteiger partial charge in [-0.05, 0) is 49.5 Å². The molecular formula is C21H22N2OS. The van der Waals surface area contributed by atoms with Gasteiger partial charge in [0, 0.05) is 39.9 Å². The minimum absolute atomic E-state index is 0.0532. The number of pyridine rings is 1. The molecule has 1 spiro atoms. The number of fused-ring (bicyclic) bond motifs is 2. The van der Waals surface area contributed by atoms with Crippen LogP contribution in [0.25, 0.3) is 20.5 Å². The van der Waals surface area contributed by atoms with Gasteiger partial charge in [0.05, 0.1) is 0 Å². The van der Waals surface area contributed by atoms with E-state index in [0.717, 1.165) is 31.8 Å². The normalized spacial score (nSPS) is 23.1. The van der Waals surface area contributed by atoms with E-state index in [0.29, 0.717) is 0 Å². The Labute approximate surface area is 152 Å². The predicted molar refractivity (Wildman–Crippen MR) is 103 cm³/mol. The number of ether oxygens (including phenoxy) is 1. The van der Waals surface area contributed by atoms with Crippen molar-refractivity contribution in [1.29, 1.82) is 0 Å². The molecule has 1 saturated heterocycles. The zero-order valence-electron chi connectivity index (χ0n) is 14.5. The zero-order valence-corrected chi connectivity index (χ0v) is 15.3. The quantitative estimate of drug-likeness (QED) is 0.667. The highest BCUT2D eigenvalue weighted by Crippen LogP contribution is 2.41. The summed E-state index contributed by atoms with van der Waals surface area (Å²) < 4.78 is 7.70. The van der Waals surface area contributed by atoms with E-state index in [1.807, 2.05) is 17.5 Å². The van der Waals surface area contributed by atoms with Crippen LogP contribution in [0.5, 0.6) is 5.88 Å². The summed E-state index contributed by atoms with van der Waals surface area (Å²) in [6.07, 6.45) is 5.32. The maximum atomic E-state index is 6.37. The molecule has 25 heavy (non-hydrogen) atoms. The Morgan fingerprint density at radius 2 is 2.20 bits per heavy atom. The van der Waals surface area contributed by atoms with Gasteiger partial charge in [0.25, 0.3) is 0 Å². The van der Waals surface area contributed by atoms with Crippen LogP contribution in [-0.4, -0.2) is 35.1 Å². The number of benzene rings is 1. The molecule has 0 amide bonds. The third kappa shape index (κ3) is 2.64. The van der Waals surface area contributed by atoms with E-state index in [2.05, 4.69) is 53.2 Å². The Morgan fingerprint density at radius 1 is 1.28 bits per heavy atom. The van der Waals surface area contributed by atoms with Crippen molar-refractivity contribution in [3.8, 4) is 16.3 Å². The molecule has 128 valence electrons. The molecule has 2 aliphatic rings. The SMILES string of the molecule is CCN1CCC[C@]2(Cc3cc(-c4cc5ccccc5s4)cnc3O2)C1. The van der Waals surface area contributed by atoms with Crippen molar-refractivity contribution < 1.29 is 4.74 Å². The van der Waals surface area contributed by atoms with Gasteiger partial charge in [-0.15, -0.1) is 11.3 Å². The minimum atomic E-state index is -0.0532. The number of nitrogens with zero attached hydrogens (tertiary/aromatic N) is 2. The van der Waals surface area contributed by atoms with Gasteiger partial charge in [0.15, 0.2) is 0 Å². The fraction of sp³-hybridized carbons (Fsp3) is 0.381. The van der Waals surface area contributed by atoms with Crippen LogP contribution in [0, 0.1) is 0 Å². The molecule has 0 radical (unpaired) electrons. The number of likely N-dealkylation sites (N-methyl/N-ethyl adjacent to an activating group) is 1. The molecule has 0 bridgehead atoms. The molecule has 4 heterocycles. The van der Waals surface area contributed by atoms with E-state index in [4.69, 9.17) is 4.74 Å². The van der Waals surface area contributed by atoms with E-state index < -0.39 is 0 Å². The summed E-state index contributed by atoms with van der Waals surface area (Å²) >= 11 is 1.84. The molecule has 0 aliphatic carbocycles. The van der Waals surface area contributed by atoms with Crippen LogP contribution in [0.4, 0.5) is 0 Å². The highest BCUT2D eigenvalue weighted by Gasteiger charge is 2.43. The monoisotopic (exact) mass is 350 g/mol. The summed E-state index contributed by atoms with van der Waals surface area (Å²) in [6.45, 7) is 5.55. The van der Waals surface area contributed by atoms with E-state index in [1.54, 1.807) is 0 Å². The van der Waals surface area contributed by atoms with Gasteiger partial charge >= 0.3 is 0 Å². The highest BCUT2D eigenvalue weighted by atomic mass is 32.1. The predicted octanol–water partition coefficient (Wildman–Crippen LogP) is 4.75. The molecule has 0 saturated carbocycles. The fourth-order valence-corrected chi connectivity index (χ4v) is 5.30. The van der Waals surface area contributed by atoms with Crippen molar-refractivity contribution in [3.05, 3.63) is 48.2 Å². The second kappa shape index (κ2) is 5.82. The molecular weight excluding hydrogens is 328 g/mol. The van der Waals surface area contributed by atoms with Crippen LogP contribution in [-0.2, 0) is 6.42 Å². The van der Waals surface area contributed by atoms with E-state index in [9.17, 15) is 0 Å². The van der Waals surface area contributed by atoms with Crippen molar-refractivity contribution in [3.63, 3.8) is 0 Å². The number of rotatable bonds is 2. The van der Waals surface area contributed by atoms with Gasteiger partial charge in [-0.25, -0.2) is 4.98 Å². The van der Waals surface area contributed by atoms with Crippen LogP contribution in [0.1, 0.15) is 25.3 Å². The Bertz CT molecular complexity index is 902. The lowest BCUT2D eigenvalue weighted by Gasteiger charge is -2.38. The lowest BCUT2D eigenvalue weighted by Crippen LogP contribution is -2.51. The summed E-state index contributed by atoms with van der Waals surface area (Å²) in [4.78, 5) is 8.46. The van der Waals surface area contributed by atoms with Gasteiger partial charge in [-0.3, -0.25) is 4.90 Å². The van der Waals surface area contributed by atoms with E-state index >= 15 is 0 Å². The number of hydrogen-bond acceptors (Lipinski definition) is 4. The number of aromatic nitrogens is 1. The maximum Gasteiger partial charge on any atom is 0.217 e. The minimum Gasteiger partial charge on any atom is -0.469 e. The van der Waals surface area contributed by atoms with Crippen LogP contribution < -0.4 is 4.74 Å². The summed E-state index contributed by atoms with van der Waals surface area (Å²) in [5.74, 6) is 0.850. The van der Waals surface area contributed by atoms with Gasteiger partial charge in [-0.1, -0.05) is 25.1 Å². The van der Waals surface area contributed by atoms with Crippen LogP contribution in [0.15, 0.2) is 42.6 Å². The van der Waals surface area contributed by atoms with Crippen molar-refractivity contribution in [2.45, 2.75) is 31.8 Å². The molecule has 1 fully saturated rings. The summed E-state index contributed by atoms with van der Waals surface area (Å²) in [5, 5.41) is 1.31. The molecule has 1 atom stereocenters. The van der Waals surface area contributed by atoms with Crippen molar-refractivity contribution >= 4 is 21.4 Å². The van der Waals surface area contributed by atoms with Gasteiger partial charge in [0.1, 0.15) is 5.60 Å². The van der Waals surface area contributed by atoms with Gasteiger partial charge in [-0.2, -0.15) is 0 Å². The zero-order chi connectivity index (χ0) is 16.9. The second-order valence-electron chi connectivity index (χ2n) is 7.27. The van der Waals surface area contributed by atoms with Crippen LogP contribution in [0.2, 0.25) is 0 Å². The van der Waals surface area contributed by atoms with E-state index in [1.165, 1.54) is 39.1 Å². The summed E-state index contributed by atoms with van der Waals surface area (Å²) in [5.41, 5.74) is 2.43. The molecule has 3 aromatic rings. The van der Waals surface area contributed by atoms with Crippen LogP contribution in [0.3, 0.4) is 0 Å². The smallest absolute Gasteiger partial charge is 0.217 e. The molecule has 2 aromatic heterocycles. The molecule has 4 heteroatoms. The number of piperidine rings is 1. The van der Waals surface area contributed by atoms with Crippen molar-refractivity contribution in [2.75, 3.05) is 19.6 Å². The Hall–Kier alpha value is -1.91. The molecule has 5 rings (SSSR count). The summed E-state index contributed by atoms with van der Waals surface area (Å²) in [7, 11) is 0.